The fourth-order valence-electron chi connectivity index (χ4n) is 1.10. The zero-order valence-electron chi connectivity index (χ0n) is 9.10. The molecule has 0 saturated heterocycles. The number of aliphatic carboxylic acids is 1. The minimum atomic E-state index is -0.760. The Morgan fingerprint density at radius 1 is 1.60 bits per heavy atom. The molecule has 1 aromatic rings. The zero-order chi connectivity index (χ0) is 11.4. The van der Waals surface area contributed by atoms with Crippen LogP contribution < -0.4 is 0 Å². The van der Waals surface area contributed by atoms with E-state index in [9.17, 15) is 4.79 Å². The third-order valence-corrected chi connectivity index (χ3v) is 3.30. The van der Waals surface area contributed by atoms with Crippen molar-refractivity contribution in [2.75, 3.05) is 0 Å². The fourth-order valence-corrected chi connectivity index (χ4v) is 2.04. The van der Waals surface area contributed by atoms with Crippen molar-refractivity contribution in [1.29, 1.82) is 0 Å². The van der Waals surface area contributed by atoms with Gasteiger partial charge in [-0.15, -0.1) is 10.2 Å². The lowest BCUT2D eigenvalue weighted by Crippen LogP contribution is -2.07. The molecular formula is C9H15N3O2S. The highest BCUT2D eigenvalue weighted by Crippen LogP contribution is 2.18. The predicted octanol–water partition coefficient (Wildman–Crippen LogP) is 1.22. The highest BCUT2D eigenvalue weighted by atomic mass is 32.2. The second-order valence-electron chi connectivity index (χ2n) is 3.44. The summed E-state index contributed by atoms with van der Waals surface area (Å²) in [6.45, 7) is 3.80. The first-order chi connectivity index (χ1) is 7.00. The van der Waals surface area contributed by atoms with Crippen molar-refractivity contribution in [3.05, 3.63) is 11.6 Å². The molecule has 1 heterocycles. The summed E-state index contributed by atoms with van der Waals surface area (Å²) in [6.07, 6.45) is 0.182. The molecule has 0 aliphatic heterocycles. The average molecular weight is 229 g/mol. The van der Waals surface area contributed by atoms with Gasteiger partial charge in [-0.25, -0.2) is 0 Å². The summed E-state index contributed by atoms with van der Waals surface area (Å²) in [4.78, 5) is 10.4. The van der Waals surface area contributed by atoms with E-state index in [2.05, 4.69) is 10.2 Å². The van der Waals surface area contributed by atoms with Crippen LogP contribution in [0, 0.1) is 6.92 Å². The Morgan fingerprint density at radius 3 is 2.73 bits per heavy atom. The van der Waals surface area contributed by atoms with Gasteiger partial charge in [0.1, 0.15) is 11.6 Å². The van der Waals surface area contributed by atoms with Crippen LogP contribution in [0.2, 0.25) is 0 Å². The molecule has 0 aromatic carbocycles. The van der Waals surface area contributed by atoms with E-state index in [4.69, 9.17) is 5.11 Å². The fraction of sp³-hybridized carbons (Fsp3) is 0.667. The summed E-state index contributed by atoms with van der Waals surface area (Å²) < 4.78 is 1.92. The quantitative estimate of drug-likeness (QED) is 0.822. The van der Waals surface area contributed by atoms with Gasteiger partial charge in [0.2, 0.25) is 0 Å². The van der Waals surface area contributed by atoms with Crippen molar-refractivity contribution in [2.24, 2.45) is 7.05 Å². The van der Waals surface area contributed by atoms with Crippen molar-refractivity contribution in [3.8, 4) is 0 Å². The number of rotatable bonds is 5. The molecule has 6 heteroatoms. The number of carboxylic acid groups (broad SMARTS) is 1. The second-order valence-corrected chi connectivity index (χ2v) is 4.87. The van der Waals surface area contributed by atoms with Gasteiger partial charge in [-0.1, -0.05) is 6.92 Å². The molecule has 0 amide bonds. The molecule has 1 unspecified atom stereocenters. The molecular weight excluding hydrogens is 214 g/mol. The highest BCUT2D eigenvalue weighted by molar-refractivity contribution is 7.99. The van der Waals surface area contributed by atoms with E-state index in [1.807, 2.05) is 25.5 Å². The van der Waals surface area contributed by atoms with Crippen molar-refractivity contribution in [3.63, 3.8) is 0 Å². The molecule has 0 aliphatic carbocycles. The SMILES string of the molecule is Cc1nnc(CSC(C)CC(=O)O)n1C. The molecule has 15 heavy (non-hydrogen) atoms. The van der Waals surface area contributed by atoms with Crippen LogP contribution in [0.4, 0.5) is 0 Å². The van der Waals surface area contributed by atoms with E-state index in [-0.39, 0.29) is 11.7 Å². The molecule has 0 saturated carbocycles. The Balaban J connectivity index is 2.43. The van der Waals surface area contributed by atoms with Gasteiger partial charge >= 0.3 is 5.97 Å². The number of hydrogen-bond donors (Lipinski definition) is 1. The standard InChI is InChI=1S/C9H15N3O2S/c1-6(4-9(13)14)15-5-8-11-10-7(2)12(8)3/h6H,4-5H2,1-3H3,(H,13,14). The van der Waals surface area contributed by atoms with E-state index in [1.165, 1.54) is 0 Å². The molecule has 1 aromatic heterocycles. The molecule has 1 N–H and O–H groups in total. The van der Waals surface area contributed by atoms with Crippen LogP contribution in [-0.2, 0) is 17.6 Å². The topological polar surface area (TPSA) is 68.0 Å². The van der Waals surface area contributed by atoms with Crippen LogP contribution in [0.1, 0.15) is 25.0 Å². The van der Waals surface area contributed by atoms with Gasteiger partial charge in [0.05, 0.1) is 12.2 Å². The van der Waals surface area contributed by atoms with Gasteiger partial charge in [0, 0.05) is 12.3 Å². The van der Waals surface area contributed by atoms with Crippen molar-refractivity contribution in [2.45, 2.75) is 31.3 Å². The number of aromatic nitrogens is 3. The first-order valence-electron chi connectivity index (χ1n) is 4.69. The van der Waals surface area contributed by atoms with Crippen LogP contribution in [0.3, 0.4) is 0 Å². The van der Waals surface area contributed by atoms with Gasteiger partial charge in [0.15, 0.2) is 0 Å². The molecule has 84 valence electrons. The average Bonchev–Trinajstić information content (AvgIpc) is 2.44. The van der Waals surface area contributed by atoms with Gasteiger partial charge in [-0.2, -0.15) is 11.8 Å². The van der Waals surface area contributed by atoms with E-state index in [1.54, 1.807) is 11.8 Å². The Hall–Kier alpha value is -1.04. The highest BCUT2D eigenvalue weighted by Gasteiger charge is 2.11. The molecule has 1 rings (SSSR count). The summed E-state index contributed by atoms with van der Waals surface area (Å²) in [5, 5.41) is 16.6. The van der Waals surface area contributed by atoms with Crippen LogP contribution in [0.25, 0.3) is 0 Å². The number of nitrogens with zero attached hydrogens (tertiary/aromatic N) is 3. The monoisotopic (exact) mass is 229 g/mol. The maximum Gasteiger partial charge on any atom is 0.304 e. The van der Waals surface area contributed by atoms with Crippen molar-refractivity contribution >= 4 is 17.7 Å². The van der Waals surface area contributed by atoms with Crippen LogP contribution in [0.15, 0.2) is 0 Å². The van der Waals surface area contributed by atoms with Crippen molar-refractivity contribution < 1.29 is 9.90 Å². The Labute approximate surface area is 92.9 Å². The first kappa shape index (κ1) is 12.0. The van der Waals surface area contributed by atoms with Gasteiger partial charge < -0.3 is 9.67 Å². The van der Waals surface area contributed by atoms with E-state index in [0.717, 1.165) is 11.6 Å². The van der Waals surface area contributed by atoms with Gasteiger partial charge in [-0.3, -0.25) is 4.79 Å². The number of carbonyl (C=O) groups is 1. The largest absolute Gasteiger partial charge is 0.481 e. The predicted molar refractivity (Wildman–Crippen MR) is 58.7 cm³/mol. The summed E-state index contributed by atoms with van der Waals surface area (Å²) in [6, 6.07) is 0. The molecule has 0 aliphatic rings. The number of thioether (sulfide) groups is 1. The van der Waals surface area contributed by atoms with Gasteiger partial charge in [0.25, 0.3) is 0 Å². The smallest absolute Gasteiger partial charge is 0.304 e. The number of aryl methyl sites for hydroxylation is 1. The Morgan fingerprint density at radius 2 is 2.27 bits per heavy atom. The third kappa shape index (κ3) is 3.54. The summed E-state index contributed by atoms with van der Waals surface area (Å²) in [7, 11) is 1.91. The zero-order valence-corrected chi connectivity index (χ0v) is 9.91. The number of hydrogen-bond acceptors (Lipinski definition) is 4. The second kappa shape index (κ2) is 5.16. The molecule has 1 atom stereocenters. The molecule has 0 fully saturated rings. The minimum absolute atomic E-state index is 0.0968. The van der Waals surface area contributed by atoms with Crippen LogP contribution >= 0.6 is 11.8 Å². The summed E-state index contributed by atoms with van der Waals surface area (Å²) >= 11 is 1.58. The summed E-state index contributed by atoms with van der Waals surface area (Å²) in [5.41, 5.74) is 0. The van der Waals surface area contributed by atoms with Crippen LogP contribution in [0.5, 0.6) is 0 Å². The molecule has 0 bridgehead atoms. The van der Waals surface area contributed by atoms with E-state index in [0.29, 0.717) is 5.75 Å². The summed E-state index contributed by atoms with van der Waals surface area (Å²) in [5.74, 6) is 1.70. The lowest BCUT2D eigenvalue weighted by Gasteiger charge is -2.07. The Kier molecular flexibility index (Phi) is 4.14. The number of carboxylic acids is 1. The van der Waals surface area contributed by atoms with E-state index >= 15 is 0 Å². The molecule has 0 spiro atoms. The maximum absolute atomic E-state index is 10.4. The lowest BCUT2D eigenvalue weighted by atomic mass is 10.3. The molecule has 5 nitrogen and oxygen atoms in total. The van der Waals surface area contributed by atoms with Crippen molar-refractivity contribution in [1.82, 2.24) is 14.8 Å². The lowest BCUT2D eigenvalue weighted by molar-refractivity contribution is -0.136. The maximum atomic E-state index is 10.4. The van der Waals surface area contributed by atoms with Crippen LogP contribution in [-0.4, -0.2) is 31.1 Å². The first-order valence-corrected chi connectivity index (χ1v) is 5.74. The minimum Gasteiger partial charge on any atom is -0.481 e. The van der Waals surface area contributed by atoms with E-state index < -0.39 is 5.97 Å². The van der Waals surface area contributed by atoms with Gasteiger partial charge in [-0.05, 0) is 6.92 Å². The normalized spacial score (nSPS) is 12.7. The third-order valence-electron chi connectivity index (χ3n) is 2.14. The Bertz CT molecular complexity index is 351. The molecule has 0 radical (unpaired) electrons.